The van der Waals surface area contributed by atoms with Gasteiger partial charge in [-0.1, -0.05) is 215 Å². The first-order valence-electron chi connectivity index (χ1n) is 26.3. The maximum Gasteiger partial charge on any atom is 0.306 e. The van der Waals surface area contributed by atoms with Crippen LogP contribution < -0.4 is 5.32 Å². The van der Waals surface area contributed by atoms with Crippen molar-refractivity contribution in [2.45, 2.75) is 257 Å². The minimum absolute atomic E-state index is 0.0418. The molecule has 3 atom stereocenters. The Bertz CT molecular complexity index is 1210. The number of aliphatic hydroxyl groups excluding tert-OH is 2. The second-order valence-electron chi connectivity index (χ2n) is 17.5. The first-order chi connectivity index (χ1) is 31.0. The molecule has 0 radical (unpaired) electrons. The lowest BCUT2D eigenvalue weighted by Gasteiger charge is -2.24. The van der Waals surface area contributed by atoms with E-state index in [0.29, 0.717) is 25.7 Å². The molecule has 0 aliphatic rings. The van der Waals surface area contributed by atoms with Crippen LogP contribution in [0.2, 0.25) is 0 Å². The summed E-state index contributed by atoms with van der Waals surface area (Å²) >= 11 is 0. The molecule has 0 rings (SSSR count). The first-order valence-corrected chi connectivity index (χ1v) is 26.3. The average molecular weight is 878 g/mol. The van der Waals surface area contributed by atoms with Crippen LogP contribution >= 0.6 is 0 Å². The molecule has 6 nitrogen and oxygen atoms in total. The van der Waals surface area contributed by atoms with Crippen molar-refractivity contribution in [1.29, 1.82) is 0 Å². The molecule has 0 saturated heterocycles. The number of carbonyl (C=O) groups excluding carboxylic acids is 2. The minimum atomic E-state index is -0.805. The fourth-order valence-corrected chi connectivity index (χ4v) is 7.50. The number of allylic oxidation sites excluding steroid dienone is 14. The van der Waals surface area contributed by atoms with Crippen LogP contribution in [0.1, 0.15) is 239 Å². The van der Waals surface area contributed by atoms with Gasteiger partial charge in [0.25, 0.3) is 0 Å². The van der Waals surface area contributed by atoms with Gasteiger partial charge in [0.05, 0.1) is 25.2 Å². The van der Waals surface area contributed by atoms with Crippen LogP contribution in [0, 0.1) is 0 Å². The summed E-state index contributed by atoms with van der Waals surface area (Å²) in [6, 6.07) is -0.721. The topological polar surface area (TPSA) is 95.9 Å². The number of ether oxygens (including phenoxy) is 1. The van der Waals surface area contributed by atoms with Gasteiger partial charge in [-0.15, -0.1) is 0 Å². The summed E-state index contributed by atoms with van der Waals surface area (Å²) in [5.41, 5.74) is 0. The number of rotatable bonds is 46. The maximum atomic E-state index is 13.2. The van der Waals surface area contributed by atoms with E-state index >= 15 is 0 Å². The fraction of sp³-hybridized carbons (Fsp3) is 0.719. The molecule has 6 heteroatoms. The Hall–Kier alpha value is -2.96. The Kier molecular flexibility index (Phi) is 47.7. The molecule has 3 N–H and O–H groups in total. The van der Waals surface area contributed by atoms with Crippen molar-refractivity contribution in [3.8, 4) is 0 Å². The smallest absolute Gasteiger partial charge is 0.306 e. The molecule has 0 aromatic carbocycles. The summed E-state index contributed by atoms with van der Waals surface area (Å²) < 4.78 is 5.91. The van der Waals surface area contributed by atoms with E-state index in [9.17, 15) is 19.8 Å². The summed E-state index contributed by atoms with van der Waals surface area (Å²) in [5.74, 6) is -0.560. The molecule has 0 aromatic rings. The Morgan fingerprint density at radius 3 is 1.33 bits per heavy atom. The first kappa shape index (κ1) is 60.0. The predicted molar refractivity (Wildman–Crippen MR) is 273 cm³/mol. The lowest BCUT2D eigenvalue weighted by molar-refractivity contribution is -0.151. The molecule has 1 amide bonds. The normalized spacial score (nSPS) is 13.9. The van der Waals surface area contributed by atoms with Crippen LogP contribution in [0.5, 0.6) is 0 Å². The lowest BCUT2D eigenvalue weighted by Crippen LogP contribution is -2.46. The Morgan fingerprint density at radius 2 is 0.857 bits per heavy atom. The third-order valence-electron chi connectivity index (χ3n) is 11.5. The number of hydrogen-bond acceptors (Lipinski definition) is 5. The molecule has 0 aliphatic heterocycles. The standard InChI is InChI=1S/C57H99NO5/c1-4-7-10-13-16-19-22-25-27-28-30-32-35-38-41-44-47-50-57(62)63-53(48-45-42-39-36-33-31-29-26-23-20-17-14-11-8-5-2)51-56(61)58-54(52-59)55(60)49-46-43-40-37-34-24-21-18-15-12-9-6-3/h7,10,16-17,19-20,25-27,29-30,32,38,41,53-55,59-60H,4-6,8-9,11-15,18,21-24,28,31,33-37,39-40,42-52H2,1-3H3,(H,58,61)/b10-7-,19-16-,20-17-,27-25-,29-26-,32-30-,41-38-. The number of hydrogen-bond donors (Lipinski definition) is 3. The van der Waals surface area contributed by atoms with Crippen LogP contribution in [0.25, 0.3) is 0 Å². The van der Waals surface area contributed by atoms with Gasteiger partial charge in [0.2, 0.25) is 5.91 Å². The zero-order chi connectivity index (χ0) is 45.9. The lowest BCUT2D eigenvalue weighted by atomic mass is 10.0. The molecule has 3 unspecified atom stereocenters. The second-order valence-corrected chi connectivity index (χ2v) is 17.5. The number of aliphatic hydroxyl groups is 2. The number of esters is 1. The summed E-state index contributed by atoms with van der Waals surface area (Å²) in [6.45, 7) is 6.32. The van der Waals surface area contributed by atoms with Crippen LogP contribution in [0.15, 0.2) is 85.1 Å². The zero-order valence-corrected chi connectivity index (χ0v) is 41.2. The molecule has 362 valence electrons. The zero-order valence-electron chi connectivity index (χ0n) is 41.2. The molecule has 0 saturated carbocycles. The quantitative estimate of drug-likeness (QED) is 0.0322. The van der Waals surface area contributed by atoms with E-state index in [1.165, 1.54) is 89.9 Å². The third kappa shape index (κ3) is 45.4. The number of unbranched alkanes of at least 4 members (excludes halogenated alkanes) is 20. The highest BCUT2D eigenvalue weighted by Crippen LogP contribution is 2.17. The van der Waals surface area contributed by atoms with E-state index in [4.69, 9.17) is 4.74 Å². The predicted octanol–water partition coefficient (Wildman–Crippen LogP) is 16.0. The van der Waals surface area contributed by atoms with Crippen molar-refractivity contribution in [3.63, 3.8) is 0 Å². The van der Waals surface area contributed by atoms with E-state index in [1.807, 2.05) is 0 Å². The van der Waals surface area contributed by atoms with Crippen molar-refractivity contribution >= 4 is 11.9 Å². The maximum absolute atomic E-state index is 13.2. The Morgan fingerprint density at radius 1 is 0.476 bits per heavy atom. The molecule has 0 heterocycles. The van der Waals surface area contributed by atoms with Crippen molar-refractivity contribution < 1.29 is 24.5 Å². The monoisotopic (exact) mass is 878 g/mol. The van der Waals surface area contributed by atoms with Crippen molar-refractivity contribution in [2.75, 3.05) is 6.61 Å². The molecule has 0 fully saturated rings. The molecular formula is C57H99NO5. The van der Waals surface area contributed by atoms with Gasteiger partial charge in [0.1, 0.15) is 6.10 Å². The molecule has 0 aliphatic carbocycles. The second kappa shape index (κ2) is 50.0. The van der Waals surface area contributed by atoms with Gasteiger partial charge in [-0.2, -0.15) is 0 Å². The Balaban J connectivity index is 4.72. The van der Waals surface area contributed by atoms with Gasteiger partial charge in [-0.25, -0.2) is 0 Å². The number of carbonyl (C=O) groups is 2. The fourth-order valence-electron chi connectivity index (χ4n) is 7.50. The highest BCUT2D eigenvalue weighted by atomic mass is 16.5. The van der Waals surface area contributed by atoms with Crippen LogP contribution in [-0.2, 0) is 14.3 Å². The van der Waals surface area contributed by atoms with Crippen LogP contribution in [0.3, 0.4) is 0 Å². The summed E-state index contributed by atoms with van der Waals surface area (Å²) in [6.07, 6.45) is 65.0. The van der Waals surface area contributed by atoms with E-state index < -0.39 is 18.2 Å². The molecule has 63 heavy (non-hydrogen) atoms. The van der Waals surface area contributed by atoms with Gasteiger partial charge in [0.15, 0.2) is 0 Å². The molecule has 0 aromatic heterocycles. The van der Waals surface area contributed by atoms with Gasteiger partial charge >= 0.3 is 5.97 Å². The largest absolute Gasteiger partial charge is 0.462 e. The average Bonchev–Trinajstić information content (AvgIpc) is 3.28. The highest BCUT2D eigenvalue weighted by Gasteiger charge is 2.24. The summed E-state index contributed by atoms with van der Waals surface area (Å²) in [5, 5.41) is 23.8. The third-order valence-corrected chi connectivity index (χ3v) is 11.5. The van der Waals surface area contributed by atoms with Crippen LogP contribution in [-0.4, -0.2) is 46.9 Å². The van der Waals surface area contributed by atoms with E-state index in [0.717, 1.165) is 96.3 Å². The van der Waals surface area contributed by atoms with Gasteiger partial charge in [0, 0.05) is 6.42 Å². The highest BCUT2D eigenvalue weighted by molar-refractivity contribution is 5.77. The van der Waals surface area contributed by atoms with E-state index in [2.05, 4.69) is 111 Å². The number of nitrogens with one attached hydrogen (secondary N) is 1. The molecule has 0 bridgehead atoms. The molecular weight excluding hydrogens is 779 g/mol. The van der Waals surface area contributed by atoms with Crippen molar-refractivity contribution in [2.24, 2.45) is 0 Å². The van der Waals surface area contributed by atoms with Crippen LogP contribution in [0.4, 0.5) is 0 Å². The SMILES string of the molecule is CC/C=C\C/C=C\C/C=C\C/C=C\C/C=C\CCCC(=O)OC(CCCCCCC/C=C\C/C=C\CCCCC)CC(=O)NC(CO)C(O)CCCCCCCCCCCCCC. The minimum Gasteiger partial charge on any atom is -0.462 e. The van der Waals surface area contributed by atoms with Crippen molar-refractivity contribution in [1.82, 2.24) is 5.32 Å². The Labute approximate surface area is 389 Å². The molecule has 0 spiro atoms. The summed E-state index contributed by atoms with van der Waals surface area (Å²) in [4.78, 5) is 26.2. The van der Waals surface area contributed by atoms with Gasteiger partial charge in [-0.3, -0.25) is 9.59 Å². The summed E-state index contributed by atoms with van der Waals surface area (Å²) in [7, 11) is 0. The van der Waals surface area contributed by atoms with E-state index in [-0.39, 0.29) is 24.9 Å². The van der Waals surface area contributed by atoms with E-state index in [1.54, 1.807) is 0 Å². The van der Waals surface area contributed by atoms with Crippen molar-refractivity contribution in [3.05, 3.63) is 85.1 Å². The number of amides is 1. The van der Waals surface area contributed by atoms with Gasteiger partial charge < -0.3 is 20.3 Å². The van der Waals surface area contributed by atoms with Gasteiger partial charge in [-0.05, 0) is 96.3 Å².